The predicted molar refractivity (Wildman–Crippen MR) is 104 cm³/mol. The molecule has 0 spiro atoms. The molecule has 1 fully saturated rings. The molecule has 1 saturated heterocycles. The summed E-state index contributed by atoms with van der Waals surface area (Å²) in [6.07, 6.45) is 7.34. The lowest BCUT2D eigenvalue weighted by molar-refractivity contribution is 0.288. The van der Waals surface area contributed by atoms with Crippen LogP contribution in [0.5, 0.6) is 0 Å². The molecule has 4 rings (SSSR count). The molecule has 0 unspecified atom stereocenters. The zero-order valence-corrected chi connectivity index (χ0v) is 15.1. The monoisotopic (exact) mass is 349 g/mol. The summed E-state index contributed by atoms with van der Waals surface area (Å²) in [4.78, 5) is 8.90. The van der Waals surface area contributed by atoms with Crippen molar-refractivity contribution in [3.63, 3.8) is 0 Å². The first-order valence-corrected chi connectivity index (χ1v) is 9.71. The van der Waals surface area contributed by atoms with Crippen LogP contribution in [0.15, 0.2) is 71.9 Å². The van der Waals surface area contributed by atoms with E-state index in [1.54, 1.807) is 0 Å². The van der Waals surface area contributed by atoms with Crippen LogP contribution in [0.2, 0.25) is 0 Å². The van der Waals surface area contributed by atoms with E-state index in [2.05, 4.69) is 68.9 Å². The van der Waals surface area contributed by atoms with Gasteiger partial charge in [-0.25, -0.2) is 9.29 Å². The molecule has 128 valence electrons. The Kier molecular flexibility index (Phi) is 5.19. The second-order valence-electron chi connectivity index (χ2n) is 6.59. The summed E-state index contributed by atoms with van der Waals surface area (Å²) in [5.74, 6) is 1.88. The summed E-state index contributed by atoms with van der Waals surface area (Å²) in [5.41, 5.74) is 2.56. The Morgan fingerprint density at radius 1 is 0.960 bits per heavy atom. The smallest absolute Gasteiger partial charge is 0.106 e. The Bertz CT molecular complexity index is 761. The maximum atomic E-state index is 4.36. The van der Waals surface area contributed by atoms with E-state index in [4.69, 9.17) is 0 Å². The van der Waals surface area contributed by atoms with E-state index in [1.165, 1.54) is 28.9 Å². The topological polar surface area (TPSA) is 31.9 Å². The fourth-order valence-corrected chi connectivity index (χ4v) is 4.32. The van der Waals surface area contributed by atoms with Gasteiger partial charge in [-0.1, -0.05) is 42.5 Å². The van der Waals surface area contributed by atoms with Gasteiger partial charge in [-0.15, -0.1) is 0 Å². The Hall–Kier alpha value is -2.04. The Balaban J connectivity index is 1.30. The van der Waals surface area contributed by atoms with Crippen LogP contribution in [-0.4, -0.2) is 27.4 Å². The maximum Gasteiger partial charge on any atom is 0.106 e. The van der Waals surface area contributed by atoms with Crippen molar-refractivity contribution in [3.8, 4) is 11.1 Å². The molecule has 0 amide bonds. The number of rotatable bonds is 5. The van der Waals surface area contributed by atoms with Gasteiger partial charge in [0.25, 0.3) is 0 Å². The minimum atomic E-state index is 0.753. The lowest BCUT2D eigenvalue weighted by Gasteiger charge is -2.30. The fourth-order valence-electron chi connectivity index (χ4n) is 3.38. The van der Waals surface area contributed by atoms with Crippen LogP contribution in [0.3, 0.4) is 0 Å². The quantitative estimate of drug-likeness (QED) is 0.655. The van der Waals surface area contributed by atoms with Crippen LogP contribution in [0.4, 0.5) is 0 Å². The van der Waals surface area contributed by atoms with E-state index in [9.17, 15) is 0 Å². The van der Waals surface area contributed by atoms with Crippen LogP contribution in [0, 0.1) is 5.92 Å². The van der Waals surface area contributed by atoms with Gasteiger partial charge in [0.05, 0.1) is 0 Å². The summed E-state index contributed by atoms with van der Waals surface area (Å²) in [5, 5.41) is 0. The van der Waals surface area contributed by atoms with Crippen molar-refractivity contribution in [2.24, 2.45) is 5.92 Å². The number of imidazole rings is 1. The van der Waals surface area contributed by atoms with Crippen molar-refractivity contribution in [1.29, 1.82) is 0 Å². The number of nitrogens with one attached hydrogen (secondary N) is 1. The van der Waals surface area contributed by atoms with E-state index >= 15 is 0 Å². The Morgan fingerprint density at radius 2 is 1.68 bits per heavy atom. The van der Waals surface area contributed by atoms with Crippen LogP contribution in [-0.2, 0) is 6.42 Å². The summed E-state index contributed by atoms with van der Waals surface area (Å²) < 4.78 is 2.50. The normalized spacial score (nSPS) is 16.2. The molecule has 0 aliphatic carbocycles. The molecule has 2 aromatic carbocycles. The Morgan fingerprint density at radius 3 is 2.36 bits per heavy atom. The highest BCUT2D eigenvalue weighted by atomic mass is 32.2. The van der Waals surface area contributed by atoms with E-state index in [0.29, 0.717) is 0 Å². The first-order chi connectivity index (χ1) is 12.4. The van der Waals surface area contributed by atoms with Gasteiger partial charge in [0, 0.05) is 36.8 Å². The molecule has 1 aromatic heterocycles. The largest absolute Gasteiger partial charge is 0.349 e. The number of nitrogens with zero attached hydrogens (tertiary/aromatic N) is 2. The number of benzene rings is 2. The zero-order chi connectivity index (χ0) is 16.9. The molecule has 0 bridgehead atoms. The third-order valence-electron chi connectivity index (χ3n) is 4.81. The molecular weight excluding hydrogens is 326 g/mol. The Labute approximate surface area is 153 Å². The zero-order valence-electron chi connectivity index (χ0n) is 14.3. The fraction of sp³-hybridized carbons (Fsp3) is 0.286. The molecule has 1 N–H and O–H groups in total. The highest BCUT2D eigenvalue weighted by Gasteiger charge is 2.20. The minimum absolute atomic E-state index is 0.753. The summed E-state index contributed by atoms with van der Waals surface area (Å²) in [6, 6.07) is 19.5. The second-order valence-corrected chi connectivity index (χ2v) is 7.76. The summed E-state index contributed by atoms with van der Waals surface area (Å²) in [7, 11) is 0. The van der Waals surface area contributed by atoms with Crippen LogP contribution >= 0.6 is 11.9 Å². The van der Waals surface area contributed by atoms with Crippen molar-refractivity contribution in [2.75, 3.05) is 13.1 Å². The number of hydrogen-bond acceptors (Lipinski definition) is 3. The van der Waals surface area contributed by atoms with Gasteiger partial charge in [0.1, 0.15) is 5.82 Å². The number of piperidine rings is 1. The molecule has 0 saturated carbocycles. The first kappa shape index (κ1) is 16.4. The maximum absolute atomic E-state index is 4.36. The SMILES string of the molecule is c1ccc(-c2ccc(SN3CCC(Cc4ncc[nH]4)CC3)cc2)cc1. The lowest BCUT2D eigenvalue weighted by Crippen LogP contribution is -2.29. The van der Waals surface area contributed by atoms with Gasteiger partial charge in [-0.05, 0) is 54.0 Å². The highest BCUT2D eigenvalue weighted by molar-refractivity contribution is 7.97. The highest BCUT2D eigenvalue weighted by Crippen LogP contribution is 2.30. The molecule has 0 radical (unpaired) electrons. The van der Waals surface area contributed by atoms with E-state index in [0.717, 1.165) is 31.3 Å². The second kappa shape index (κ2) is 7.89. The van der Waals surface area contributed by atoms with Crippen molar-refractivity contribution in [3.05, 3.63) is 72.8 Å². The molecule has 0 atom stereocenters. The van der Waals surface area contributed by atoms with Gasteiger partial charge < -0.3 is 4.98 Å². The minimum Gasteiger partial charge on any atom is -0.349 e. The third kappa shape index (κ3) is 4.33. The molecule has 4 heteroatoms. The van der Waals surface area contributed by atoms with E-state index in [-0.39, 0.29) is 0 Å². The number of hydrogen-bond donors (Lipinski definition) is 1. The molecule has 3 nitrogen and oxygen atoms in total. The van der Waals surface area contributed by atoms with Crippen molar-refractivity contribution in [1.82, 2.24) is 14.3 Å². The van der Waals surface area contributed by atoms with Gasteiger partial charge >= 0.3 is 0 Å². The molecular formula is C21H23N3S. The van der Waals surface area contributed by atoms with Crippen LogP contribution < -0.4 is 0 Å². The molecule has 25 heavy (non-hydrogen) atoms. The predicted octanol–water partition coefficient (Wildman–Crippen LogP) is 5.04. The first-order valence-electron chi connectivity index (χ1n) is 8.93. The van der Waals surface area contributed by atoms with Gasteiger partial charge in [0.2, 0.25) is 0 Å². The summed E-state index contributed by atoms with van der Waals surface area (Å²) >= 11 is 1.89. The van der Waals surface area contributed by atoms with Gasteiger partial charge in [0.15, 0.2) is 0 Å². The molecule has 2 heterocycles. The lowest BCUT2D eigenvalue weighted by atomic mass is 9.94. The molecule has 1 aliphatic heterocycles. The number of aromatic amines is 1. The van der Waals surface area contributed by atoms with E-state index < -0.39 is 0 Å². The third-order valence-corrected chi connectivity index (χ3v) is 5.91. The summed E-state index contributed by atoms with van der Waals surface area (Å²) in [6.45, 7) is 2.30. The standard InChI is InChI=1S/C21H23N3S/c1-2-4-18(5-3-1)19-6-8-20(9-7-19)25-24-14-10-17(11-15-24)16-21-22-12-13-23-21/h1-9,12-13,17H,10-11,14-16H2,(H,22,23). The average Bonchev–Trinajstić information content (AvgIpc) is 3.18. The molecule has 3 aromatic rings. The van der Waals surface area contributed by atoms with Gasteiger partial charge in [-0.2, -0.15) is 0 Å². The van der Waals surface area contributed by atoms with Crippen LogP contribution in [0.25, 0.3) is 11.1 Å². The van der Waals surface area contributed by atoms with Crippen LogP contribution in [0.1, 0.15) is 18.7 Å². The number of aromatic nitrogens is 2. The van der Waals surface area contributed by atoms with Crippen molar-refractivity contribution >= 4 is 11.9 Å². The van der Waals surface area contributed by atoms with Crippen molar-refractivity contribution < 1.29 is 0 Å². The average molecular weight is 350 g/mol. The van der Waals surface area contributed by atoms with E-state index in [1.807, 2.05) is 24.3 Å². The number of H-pyrrole nitrogens is 1. The van der Waals surface area contributed by atoms with Crippen molar-refractivity contribution in [2.45, 2.75) is 24.2 Å². The molecule has 1 aliphatic rings. The van der Waals surface area contributed by atoms with Gasteiger partial charge in [-0.3, -0.25) is 0 Å².